The summed E-state index contributed by atoms with van der Waals surface area (Å²) in [7, 11) is 0. The van der Waals surface area contributed by atoms with Crippen molar-refractivity contribution in [1.82, 2.24) is 4.98 Å². The number of nitrogens with zero attached hydrogens (tertiary/aromatic N) is 1. The number of hydrogen-bond acceptors (Lipinski definition) is 3. The second kappa shape index (κ2) is 6.70. The van der Waals surface area contributed by atoms with Crippen LogP contribution in [-0.2, 0) is 9.47 Å². The van der Waals surface area contributed by atoms with E-state index in [0.717, 1.165) is 46.1 Å². The summed E-state index contributed by atoms with van der Waals surface area (Å²) >= 11 is 0. The topological polar surface area (TPSA) is 31.4 Å². The van der Waals surface area contributed by atoms with Crippen LogP contribution in [0.3, 0.4) is 0 Å². The van der Waals surface area contributed by atoms with Gasteiger partial charge in [0.05, 0.1) is 24.4 Å². The zero-order chi connectivity index (χ0) is 18.4. The first-order chi connectivity index (χ1) is 13.2. The van der Waals surface area contributed by atoms with E-state index in [0.29, 0.717) is 25.0 Å². The van der Waals surface area contributed by atoms with E-state index in [-0.39, 0.29) is 5.82 Å². The molecule has 1 saturated heterocycles. The molecule has 0 spiro atoms. The van der Waals surface area contributed by atoms with Gasteiger partial charge < -0.3 is 9.47 Å². The highest BCUT2D eigenvalue weighted by atomic mass is 19.1. The van der Waals surface area contributed by atoms with E-state index in [1.54, 1.807) is 0 Å². The Morgan fingerprint density at radius 3 is 2.37 bits per heavy atom. The van der Waals surface area contributed by atoms with Gasteiger partial charge in [-0.15, -0.1) is 0 Å². The molecule has 2 aromatic carbocycles. The molecule has 0 bridgehead atoms. The first-order valence-electron chi connectivity index (χ1n) is 9.62. The molecular weight excluding hydrogens is 341 g/mol. The number of halogens is 1. The predicted molar refractivity (Wildman–Crippen MR) is 103 cm³/mol. The Bertz CT molecular complexity index is 974. The Morgan fingerprint density at radius 1 is 0.963 bits per heavy atom. The SMILES string of the molecule is C[C@H]1CO[C@@H](c2c(C3CC3)nc3ccccc3c2-c2ccc(F)cc2)OC1. The van der Waals surface area contributed by atoms with Gasteiger partial charge in [-0.05, 0) is 36.6 Å². The second-order valence-electron chi connectivity index (χ2n) is 7.69. The minimum absolute atomic E-state index is 0.236. The second-order valence-corrected chi connectivity index (χ2v) is 7.69. The van der Waals surface area contributed by atoms with Gasteiger partial charge in [-0.3, -0.25) is 4.98 Å². The van der Waals surface area contributed by atoms with Crippen molar-refractivity contribution in [1.29, 1.82) is 0 Å². The molecule has 4 heteroatoms. The molecule has 2 aliphatic rings. The summed E-state index contributed by atoms with van der Waals surface area (Å²) in [6.45, 7) is 3.46. The molecule has 1 saturated carbocycles. The molecule has 0 atom stereocenters. The highest BCUT2D eigenvalue weighted by molar-refractivity contribution is 5.97. The molecule has 0 amide bonds. The fourth-order valence-corrected chi connectivity index (χ4v) is 3.85. The van der Waals surface area contributed by atoms with Crippen LogP contribution in [0.1, 0.15) is 43.2 Å². The maximum Gasteiger partial charge on any atom is 0.186 e. The molecule has 3 nitrogen and oxygen atoms in total. The van der Waals surface area contributed by atoms with Crippen LogP contribution >= 0.6 is 0 Å². The fraction of sp³-hybridized carbons (Fsp3) is 0.348. The van der Waals surface area contributed by atoms with Crippen LogP contribution in [-0.4, -0.2) is 18.2 Å². The van der Waals surface area contributed by atoms with Crippen molar-refractivity contribution in [2.75, 3.05) is 13.2 Å². The number of para-hydroxylation sites is 1. The van der Waals surface area contributed by atoms with E-state index in [4.69, 9.17) is 14.5 Å². The summed E-state index contributed by atoms with van der Waals surface area (Å²) in [6, 6.07) is 14.8. The maximum absolute atomic E-state index is 13.6. The van der Waals surface area contributed by atoms with Crippen molar-refractivity contribution in [3.05, 3.63) is 65.6 Å². The Morgan fingerprint density at radius 2 is 1.67 bits per heavy atom. The lowest BCUT2D eigenvalue weighted by atomic mass is 9.92. The lowest BCUT2D eigenvalue weighted by Crippen LogP contribution is -2.26. The molecule has 0 N–H and O–H groups in total. The van der Waals surface area contributed by atoms with Crippen LogP contribution in [0.15, 0.2) is 48.5 Å². The van der Waals surface area contributed by atoms with Gasteiger partial charge in [0, 0.05) is 28.3 Å². The van der Waals surface area contributed by atoms with E-state index in [1.807, 2.05) is 30.3 Å². The Labute approximate surface area is 158 Å². The highest BCUT2D eigenvalue weighted by Gasteiger charge is 2.35. The van der Waals surface area contributed by atoms with Crippen LogP contribution in [0.5, 0.6) is 0 Å². The standard InChI is InChI=1S/C23H22FNO2/c1-14-12-26-23(27-13-14)21-20(15-8-10-17(24)11-9-15)18-4-2-3-5-19(18)25-22(21)16-6-7-16/h2-5,8-11,14,16,23H,6-7,12-13H2,1H3/t14-,23+. The predicted octanol–water partition coefficient (Wildman–Crippen LogP) is 5.60. The van der Waals surface area contributed by atoms with Gasteiger partial charge in [0.15, 0.2) is 6.29 Å². The van der Waals surface area contributed by atoms with Crippen LogP contribution < -0.4 is 0 Å². The first kappa shape index (κ1) is 16.8. The summed E-state index contributed by atoms with van der Waals surface area (Å²) < 4.78 is 25.8. The number of rotatable bonds is 3. The lowest BCUT2D eigenvalue weighted by molar-refractivity contribution is -0.202. The molecule has 27 heavy (non-hydrogen) atoms. The third kappa shape index (κ3) is 3.13. The maximum atomic E-state index is 13.6. The molecule has 0 radical (unpaired) electrons. The molecule has 0 unspecified atom stereocenters. The zero-order valence-electron chi connectivity index (χ0n) is 15.3. The number of fused-ring (bicyclic) bond motifs is 1. The van der Waals surface area contributed by atoms with Crippen molar-refractivity contribution in [3.63, 3.8) is 0 Å². The quantitative estimate of drug-likeness (QED) is 0.607. The van der Waals surface area contributed by atoms with E-state index < -0.39 is 6.29 Å². The molecule has 5 rings (SSSR count). The number of hydrogen-bond donors (Lipinski definition) is 0. The Kier molecular flexibility index (Phi) is 4.18. The summed E-state index contributed by atoms with van der Waals surface area (Å²) in [5.74, 6) is 0.601. The van der Waals surface area contributed by atoms with E-state index in [9.17, 15) is 4.39 Å². The molecule has 2 fully saturated rings. The van der Waals surface area contributed by atoms with Crippen molar-refractivity contribution in [2.24, 2.45) is 5.92 Å². The largest absolute Gasteiger partial charge is 0.348 e. The third-order valence-corrected chi connectivity index (χ3v) is 5.36. The van der Waals surface area contributed by atoms with E-state index in [2.05, 4.69) is 13.0 Å². The van der Waals surface area contributed by atoms with E-state index in [1.165, 1.54) is 12.1 Å². The van der Waals surface area contributed by atoms with Crippen molar-refractivity contribution in [2.45, 2.75) is 32.0 Å². The number of aromatic nitrogens is 1. The normalized spacial score (nSPS) is 22.9. The summed E-state index contributed by atoms with van der Waals surface area (Å²) in [5, 5.41) is 1.05. The zero-order valence-corrected chi connectivity index (χ0v) is 15.3. The average Bonchev–Trinajstić information content (AvgIpc) is 3.53. The minimum atomic E-state index is -0.422. The molecular formula is C23H22FNO2. The minimum Gasteiger partial charge on any atom is -0.348 e. The van der Waals surface area contributed by atoms with Crippen molar-refractivity contribution >= 4 is 10.9 Å². The number of ether oxygens (including phenoxy) is 2. The van der Waals surface area contributed by atoms with Crippen molar-refractivity contribution < 1.29 is 13.9 Å². The van der Waals surface area contributed by atoms with Gasteiger partial charge in [-0.25, -0.2) is 4.39 Å². The smallest absolute Gasteiger partial charge is 0.186 e. The lowest BCUT2D eigenvalue weighted by Gasteiger charge is -2.31. The van der Waals surface area contributed by atoms with Gasteiger partial charge in [0.25, 0.3) is 0 Å². The van der Waals surface area contributed by atoms with Crippen LogP contribution in [0, 0.1) is 11.7 Å². The summed E-state index contributed by atoms with van der Waals surface area (Å²) in [5.41, 5.74) is 5.09. The molecule has 3 aromatic rings. The van der Waals surface area contributed by atoms with Crippen LogP contribution in [0.4, 0.5) is 4.39 Å². The average molecular weight is 363 g/mol. The van der Waals surface area contributed by atoms with Gasteiger partial charge in [0.2, 0.25) is 0 Å². The Balaban J connectivity index is 1.78. The summed E-state index contributed by atoms with van der Waals surface area (Å²) in [6.07, 6.45) is 1.86. The first-order valence-corrected chi connectivity index (χ1v) is 9.62. The van der Waals surface area contributed by atoms with Gasteiger partial charge in [-0.1, -0.05) is 37.3 Å². The van der Waals surface area contributed by atoms with Crippen molar-refractivity contribution in [3.8, 4) is 11.1 Å². The highest BCUT2D eigenvalue weighted by Crippen LogP contribution is 2.48. The molecule has 1 aliphatic carbocycles. The van der Waals surface area contributed by atoms with Crippen LogP contribution in [0.25, 0.3) is 22.0 Å². The Hall–Kier alpha value is -2.30. The number of benzene rings is 2. The summed E-state index contributed by atoms with van der Waals surface area (Å²) in [4.78, 5) is 5.00. The van der Waals surface area contributed by atoms with Gasteiger partial charge in [-0.2, -0.15) is 0 Å². The van der Waals surface area contributed by atoms with Crippen LogP contribution in [0.2, 0.25) is 0 Å². The molecule has 1 aromatic heterocycles. The number of pyridine rings is 1. The van der Waals surface area contributed by atoms with Gasteiger partial charge >= 0.3 is 0 Å². The fourth-order valence-electron chi connectivity index (χ4n) is 3.85. The molecule has 1 aliphatic heterocycles. The molecule has 2 heterocycles. The third-order valence-electron chi connectivity index (χ3n) is 5.36. The monoisotopic (exact) mass is 363 g/mol. The molecule has 138 valence electrons. The van der Waals surface area contributed by atoms with Gasteiger partial charge in [0.1, 0.15) is 5.82 Å². The van der Waals surface area contributed by atoms with E-state index >= 15 is 0 Å².